The SMILES string of the molecule is FC(F)(F)c1cc([B-](c2cc(C(F)(F)F)cc(C(F)(F)F)c2)(c2cc(C(F)(F)F)cc(C(F)(F)F)c2)c2cc(C(F)(F)F)cc(C(F)(F)F)c2)cc(C(F)(F)F)c1.Sc1ccc(C[n+]2ccc3ccccc3c2)cc1. The molecule has 0 aliphatic heterocycles. The number of benzene rings is 6. The van der Waals surface area contributed by atoms with Gasteiger partial charge in [-0.25, -0.2) is 4.57 Å². The molecule has 0 radical (unpaired) electrons. The topological polar surface area (TPSA) is 3.88 Å². The molecule has 7 aromatic rings. The Bertz CT molecular complexity index is 2760. The van der Waals surface area contributed by atoms with E-state index in [1.807, 2.05) is 12.1 Å². The Kier molecular flexibility index (Phi) is 15.3. The van der Waals surface area contributed by atoms with Crippen molar-refractivity contribution in [3.63, 3.8) is 0 Å². The summed E-state index contributed by atoms with van der Waals surface area (Å²) in [6, 6.07) is 10.0. The molecule has 0 bridgehead atoms. The Hall–Kier alpha value is -6.54. The molecule has 75 heavy (non-hydrogen) atoms. The molecule has 0 N–H and O–H groups in total. The molecule has 1 heterocycles. The Balaban J connectivity index is 0.000000421. The van der Waals surface area contributed by atoms with E-state index in [1.165, 1.54) is 16.3 Å². The third-order valence-corrected chi connectivity index (χ3v) is 11.8. The second-order valence-electron chi connectivity index (χ2n) is 16.6. The van der Waals surface area contributed by atoms with Gasteiger partial charge in [0.15, 0.2) is 18.9 Å². The van der Waals surface area contributed by atoms with Crippen LogP contribution in [0.3, 0.4) is 0 Å². The fourth-order valence-electron chi connectivity index (χ4n) is 8.16. The lowest BCUT2D eigenvalue weighted by Crippen LogP contribution is -2.75. The third kappa shape index (κ3) is 13.3. The summed E-state index contributed by atoms with van der Waals surface area (Å²) in [5.41, 5.74) is -28.9. The number of aromatic nitrogens is 1. The molecule has 0 aliphatic rings. The third-order valence-electron chi connectivity index (χ3n) is 11.5. The molecule has 1 nitrogen and oxygen atoms in total. The average Bonchev–Trinajstić information content (AvgIpc) is 3.27. The van der Waals surface area contributed by atoms with Gasteiger partial charge in [0.1, 0.15) is 6.15 Å². The van der Waals surface area contributed by atoms with Crippen molar-refractivity contribution in [2.45, 2.75) is 60.9 Å². The number of halogens is 24. The molecule has 7 rings (SSSR count). The number of hydrogen-bond donors (Lipinski definition) is 1. The first-order valence-corrected chi connectivity index (χ1v) is 21.0. The predicted octanol–water partition coefficient (Wildman–Crippen LogP) is 14.7. The van der Waals surface area contributed by atoms with Gasteiger partial charge in [0.2, 0.25) is 0 Å². The molecule has 0 spiro atoms. The van der Waals surface area contributed by atoms with E-state index in [2.05, 4.69) is 72.1 Å². The van der Waals surface area contributed by atoms with Gasteiger partial charge in [-0.05, 0) is 47.9 Å². The zero-order chi connectivity index (χ0) is 56.3. The quantitative estimate of drug-likeness (QED) is 0.0732. The zero-order valence-corrected chi connectivity index (χ0v) is 37.4. The molecule has 0 atom stereocenters. The molecule has 400 valence electrons. The number of fused-ring (bicyclic) bond motifs is 1. The molecule has 1 aromatic heterocycles. The maximum atomic E-state index is 14.2. The Labute approximate surface area is 411 Å². The second kappa shape index (κ2) is 19.9. The van der Waals surface area contributed by atoms with Gasteiger partial charge in [0.25, 0.3) is 0 Å². The van der Waals surface area contributed by atoms with Crippen LogP contribution in [-0.4, -0.2) is 6.15 Å². The number of alkyl halides is 24. The van der Waals surface area contributed by atoms with E-state index in [4.69, 9.17) is 0 Å². The summed E-state index contributed by atoms with van der Waals surface area (Å²) < 4.78 is 343. The minimum absolute atomic E-state index is 0.691. The van der Waals surface area contributed by atoms with Crippen molar-refractivity contribution in [2.24, 2.45) is 0 Å². The lowest BCUT2D eigenvalue weighted by molar-refractivity contribution is -0.687. The molecule has 6 aromatic carbocycles. The molecule has 0 saturated carbocycles. The largest absolute Gasteiger partial charge is 0.416 e. The van der Waals surface area contributed by atoms with Gasteiger partial charge in [-0.15, -0.1) is 12.6 Å². The van der Waals surface area contributed by atoms with Gasteiger partial charge in [-0.3, -0.25) is 0 Å². The van der Waals surface area contributed by atoms with E-state index < -0.39 is 195 Å². The molecule has 27 heteroatoms. The number of pyridine rings is 1. The highest BCUT2D eigenvalue weighted by molar-refractivity contribution is 7.80. The van der Waals surface area contributed by atoms with Crippen LogP contribution in [0.4, 0.5) is 105 Å². The Morgan fingerprint density at radius 3 is 0.827 bits per heavy atom. The Morgan fingerprint density at radius 1 is 0.320 bits per heavy atom. The van der Waals surface area contributed by atoms with Crippen LogP contribution in [0.1, 0.15) is 50.1 Å². The van der Waals surface area contributed by atoms with Gasteiger partial charge in [0, 0.05) is 21.9 Å². The summed E-state index contributed by atoms with van der Waals surface area (Å²) in [5, 5.41) is 2.55. The molecule has 0 fully saturated rings. The highest BCUT2D eigenvalue weighted by atomic mass is 32.1. The second-order valence-corrected chi connectivity index (χ2v) is 17.2. The van der Waals surface area contributed by atoms with Crippen molar-refractivity contribution in [1.82, 2.24) is 0 Å². The summed E-state index contributed by atoms with van der Waals surface area (Å²) >= 11 is 4.30. The van der Waals surface area contributed by atoms with Gasteiger partial charge in [-0.2, -0.15) is 127 Å². The average molecular weight is 1120 g/mol. The summed E-state index contributed by atoms with van der Waals surface area (Å²) in [5.74, 6) is 0. The van der Waals surface area contributed by atoms with Gasteiger partial charge < -0.3 is 0 Å². The van der Waals surface area contributed by atoms with Crippen molar-refractivity contribution in [1.29, 1.82) is 0 Å². The lowest BCUT2D eigenvalue weighted by atomic mass is 9.12. The smallest absolute Gasteiger partial charge is 0.200 e. The minimum atomic E-state index is -6.13. The number of nitrogens with zero attached hydrogens (tertiary/aromatic N) is 1. The van der Waals surface area contributed by atoms with Crippen LogP contribution in [0.2, 0.25) is 0 Å². The van der Waals surface area contributed by atoms with Crippen molar-refractivity contribution < 1.29 is 110 Å². The van der Waals surface area contributed by atoms with Crippen LogP contribution in [0.15, 0.2) is 145 Å². The van der Waals surface area contributed by atoms with Gasteiger partial charge in [-0.1, -0.05) is 78.9 Å². The fourth-order valence-corrected chi connectivity index (χ4v) is 8.31. The molecule has 0 saturated heterocycles. The van der Waals surface area contributed by atoms with E-state index in [0.29, 0.717) is 0 Å². The standard InChI is InChI=1S/C32H12BF24.C16H13NS/c34-25(35,36)13-1-14(26(37,38)39)6-21(5-13)33(22-7-15(27(40,41)42)2-16(8-22)28(43,44)45,23-9-17(29(46,47)48)3-18(10-23)30(49,50)51)24-11-19(31(52,53)54)4-20(12-24)32(55,56)57;18-16-7-5-13(6-8-16)11-17-10-9-14-3-1-2-4-15(14)12-17/h1-12H;1-10,12H,11H2/q-1;/p+1. The van der Waals surface area contributed by atoms with E-state index in [1.54, 1.807) is 0 Å². The molecular formula is C48H26BF24NS. The normalized spacial score (nSPS) is 13.5. The van der Waals surface area contributed by atoms with Crippen molar-refractivity contribution in [2.75, 3.05) is 0 Å². The van der Waals surface area contributed by atoms with Gasteiger partial charge >= 0.3 is 49.4 Å². The van der Waals surface area contributed by atoms with Crippen molar-refractivity contribution >= 4 is 51.4 Å². The van der Waals surface area contributed by atoms with E-state index in [-0.39, 0.29) is 0 Å². The summed E-state index contributed by atoms with van der Waals surface area (Å²) in [4.78, 5) is 1.00. The van der Waals surface area contributed by atoms with Crippen LogP contribution >= 0.6 is 12.6 Å². The first-order chi connectivity index (χ1) is 34.1. The lowest BCUT2D eigenvalue weighted by Gasteiger charge is -2.46. The van der Waals surface area contributed by atoms with E-state index >= 15 is 0 Å². The molecule has 0 amide bonds. The maximum absolute atomic E-state index is 14.2. The number of rotatable bonds is 6. The molecule has 0 unspecified atom stereocenters. The monoisotopic (exact) mass is 1120 g/mol. The van der Waals surface area contributed by atoms with Crippen molar-refractivity contribution in [3.8, 4) is 0 Å². The number of thiol groups is 1. The highest BCUT2D eigenvalue weighted by Crippen LogP contribution is 2.41. The zero-order valence-electron chi connectivity index (χ0n) is 36.5. The van der Waals surface area contributed by atoms with Gasteiger partial charge in [0.05, 0.1) is 44.5 Å². The van der Waals surface area contributed by atoms with Crippen LogP contribution in [-0.2, 0) is 56.0 Å². The minimum Gasteiger partial charge on any atom is -0.200 e. The maximum Gasteiger partial charge on any atom is 0.416 e. The highest BCUT2D eigenvalue weighted by Gasteiger charge is 2.47. The van der Waals surface area contributed by atoms with Crippen LogP contribution in [0, 0.1) is 0 Å². The van der Waals surface area contributed by atoms with E-state index in [9.17, 15) is 105 Å². The first kappa shape index (κ1) is 57.7. The van der Waals surface area contributed by atoms with Crippen LogP contribution < -0.4 is 26.4 Å². The summed E-state index contributed by atoms with van der Waals surface area (Å²) in [7, 11) is 0. The van der Waals surface area contributed by atoms with Crippen LogP contribution in [0.25, 0.3) is 10.8 Å². The van der Waals surface area contributed by atoms with Crippen molar-refractivity contribution in [3.05, 3.63) is 190 Å². The first-order valence-electron chi connectivity index (χ1n) is 20.6. The predicted molar refractivity (Wildman–Crippen MR) is 227 cm³/mol. The number of hydrogen-bond acceptors (Lipinski definition) is 1. The molecular weight excluding hydrogens is 1090 g/mol. The van der Waals surface area contributed by atoms with Crippen LogP contribution in [0.5, 0.6) is 0 Å². The molecule has 0 aliphatic carbocycles. The van der Waals surface area contributed by atoms with E-state index in [0.717, 1.165) is 11.4 Å². The summed E-state index contributed by atoms with van der Waals surface area (Å²) in [6.07, 6.45) is -50.5. The Morgan fingerprint density at radius 2 is 0.573 bits per heavy atom. The fraction of sp³-hybridized carbons (Fsp3) is 0.188. The summed E-state index contributed by atoms with van der Waals surface area (Å²) in [6.45, 7) is 0.888.